The Morgan fingerprint density at radius 1 is 1.10 bits per heavy atom. The van der Waals surface area contributed by atoms with Gasteiger partial charge >= 0.3 is 0 Å². The number of aryl methyl sites for hydroxylation is 1. The molecule has 2 aromatic rings. The summed E-state index contributed by atoms with van der Waals surface area (Å²) >= 11 is 8.06. The fourth-order valence-corrected chi connectivity index (χ4v) is 4.57. The Hall–Kier alpha value is -0.850. The van der Waals surface area contributed by atoms with Gasteiger partial charge in [-0.05, 0) is 47.7 Å². The Bertz CT molecular complexity index is 750. The minimum absolute atomic E-state index is 0.282. The first-order chi connectivity index (χ1) is 9.40. The molecular weight excluding hydrogens is 407 g/mol. The molecule has 2 rings (SSSR count). The molecular formula is C15H12ClIO2S. The zero-order valence-electron chi connectivity index (χ0n) is 10.7. The van der Waals surface area contributed by atoms with Gasteiger partial charge in [0.05, 0.1) is 4.90 Å². The van der Waals surface area contributed by atoms with E-state index < -0.39 is 9.84 Å². The van der Waals surface area contributed by atoms with Gasteiger partial charge in [0, 0.05) is 19.6 Å². The first-order valence-electron chi connectivity index (χ1n) is 5.84. The predicted octanol–water partition coefficient (Wildman–Crippen LogP) is 4.86. The Labute approximate surface area is 137 Å². The summed E-state index contributed by atoms with van der Waals surface area (Å²) in [5, 5.41) is 1.78. The van der Waals surface area contributed by atoms with Crippen LogP contribution in [0.4, 0.5) is 0 Å². The highest BCUT2D eigenvalue weighted by Gasteiger charge is 2.13. The summed E-state index contributed by atoms with van der Waals surface area (Å²) in [5.41, 5.74) is 1.74. The van der Waals surface area contributed by atoms with E-state index in [1.54, 1.807) is 36.4 Å². The molecule has 0 aliphatic carbocycles. The Kier molecular flexibility index (Phi) is 4.88. The maximum Gasteiger partial charge on any atom is 0.200 e. The topological polar surface area (TPSA) is 34.1 Å². The van der Waals surface area contributed by atoms with Crippen LogP contribution in [-0.2, 0) is 9.84 Å². The molecule has 0 saturated heterocycles. The molecule has 5 heteroatoms. The Balaban J connectivity index is 2.43. The van der Waals surface area contributed by atoms with Gasteiger partial charge in [0.15, 0.2) is 0 Å². The summed E-state index contributed by atoms with van der Waals surface area (Å²) in [6, 6.07) is 13.9. The highest BCUT2D eigenvalue weighted by atomic mass is 127. The molecule has 0 radical (unpaired) electrons. The van der Waals surface area contributed by atoms with Crippen molar-refractivity contribution in [1.82, 2.24) is 0 Å². The SMILES string of the molecule is Cc1ccc(S(=O)(=O)/C=C(/I)c2ccccc2Cl)cc1. The second-order valence-corrected chi connectivity index (χ2v) is 7.67. The largest absolute Gasteiger partial charge is 0.219 e. The van der Waals surface area contributed by atoms with E-state index in [1.165, 1.54) is 5.41 Å². The smallest absolute Gasteiger partial charge is 0.200 e. The lowest BCUT2D eigenvalue weighted by Crippen LogP contribution is -1.97. The summed E-state index contributed by atoms with van der Waals surface area (Å²) in [6.45, 7) is 1.92. The Morgan fingerprint density at radius 3 is 2.30 bits per heavy atom. The highest BCUT2D eigenvalue weighted by Crippen LogP contribution is 2.30. The Morgan fingerprint density at radius 2 is 1.70 bits per heavy atom. The van der Waals surface area contributed by atoms with Gasteiger partial charge in [-0.2, -0.15) is 0 Å². The maximum atomic E-state index is 12.3. The van der Waals surface area contributed by atoms with Gasteiger partial charge in [-0.3, -0.25) is 0 Å². The molecule has 0 unspecified atom stereocenters. The third kappa shape index (κ3) is 3.62. The number of hydrogen-bond donors (Lipinski definition) is 0. The summed E-state index contributed by atoms with van der Waals surface area (Å²) < 4.78 is 25.2. The average Bonchev–Trinajstić information content (AvgIpc) is 2.39. The van der Waals surface area contributed by atoms with Crippen LogP contribution < -0.4 is 0 Å². The molecule has 0 spiro atoms. The number of benzene rings is 2. The van der Waals surface area contributed by atoms with Gasteiger partial charge in [-0.1, -0.05) is 47.5 Å². The van der Waals surface area contributed by atoms with Crippen molar-refractivity contribution in [3.63, 3.8) is 0 Å². The number of sulfone groups is 1. The van der Waals surface area contributed by atoms with E-state index >= 15 is 0 Å². The van der Waals surface area contributed by atoms with Gasteiger partial charge in [-0.25, -0.2) is 8.42 Å². The summed E-state index contributed by atoms with van der Waals surface area (Å²) in [7, 11) is -3.47. The van der Waals surface area contributed by atoms with Crippen LogP contribution in [0, 0.1) is 6.92 Å². The first kappa shape index (κ1) is 15.5. The van der Waals surface area contributed by atoms with E-state index in [1.807, 2.05) is 41.6 Å². The number of halogens is 2. The van der Waals surface area contributed by atoms with Crippen LogP contribution in [0.3, 0.4) is 0 Å². The third-order valence-electron chi connectivity index (χ3n) is 2.74. The van der Waals surface area contributed by atoms with Crippen molar-refractivity contribution >= 4 is 47.6 Å². The molecule has 2 aromatic carbocycles. The van der Waals surface area contributed by atoms with Crippen molar-refractivity contribution in [3.8, 4) is 0 Å². The molecule has 104 valence electrons. The molecule has 0 aromatic heterocycles. The van der Waals surface area contributed by atoms with E-state index in [4.69, 9.17) is 11.6 Å². The summed E-state index contributed by atoms with van der Waals surface area (Å²) in [6.07, 6.45) is 0. The van der Waals surface area contributed by atoms with E-state index in [0.717, 1.165) is 5.56 Å². The van der Waals surface area contributed by atoms with Crippen LogP contribution >= 0.6 is 34.2 Å². The summed E-state index contributed by atoms with van der Waals surface area (Å²) in [4.78, 5) is 0.282. The van der Waals surface area contributed by atoms with Crippen molar-refractivity contribution in [1.29, 1.82) is 0 Å². The molecule has 0 fully saturated rings. The van der Waals surface area contributed by atoms with Crippen LogP contribution in [0.5, 0.6) is 0 Å². The molecule has 0 atom stereocenters. The number of hydrogen-bond acceptors (Lipinski definition) is 2. The van der Waals surface area contributed by atoms with Gasteiger partial charge in [0.1, 0.15) is 0 Å². The standard InChI is InChI=1S/C15H12ClIO2S/c1-11-6-8-12(9-7-11)20(18,19)10-15(17)13-4-2-3-5-14(13)16/h2-10H,1H3/b15-10+. The van der Waals surface area contributed by atoms with Gasteiger partial charge in [0.2, 0.25) is 9.84 Å². The zero-order chi connectivity index (χ0) is 14.8. The molecule has 0 heterocycles. The van der Waals surface area contributed by atoms with Crippen LogP contribution in [-0.4, -0.2) is 8.42 Å². The summed E-state index contributed by atoms with van der Waals surface area (Å²) in [5.74, 6) is 0. The van der Waals surface area contributed by atoms with Gasteiger partial charge in [-0.15, -0.1) is 0 Å². The van der Waals surface area contributed by atoms with Crippen molar-refractivity contribution in [2.45, 2.75) is 11.8 Å². The second kappa shape index (κ2) is 6.28. The van der Waals surface area contributed by atoms with Crippen molar-refractivity contribution in [2.24, 2.45) is 0 Å². The highest BCUT2D eigenvalue weighted by molar-refractivity contribution is 14.1. The van der Waals surface area contributed by atoms with E-state index in [9.17, 15) is 8.42 Å². The average molecular weight is 419 g/mol. The molecule has 0 aliphatic rings. The second-order valence-electron chi connectivity index (χ2n) is 4.30. The normalized spacial score (nSPS) is 12.4. The fourth-order valence-electron chi connectivity index (χ4n) is 1.65. The molecule has 0 N–H and O–H groups in total. The minimum Gasteiger partial charge on any atom is -0.219 e. The molecule has 0 bridgehead atoms. The number of rotatable bonds is 3. The van der Waals surface area contributed by atoms with Crippen molar-refractivity contribution in [2.75, 3.05) is 0 Å². The molecule has 2 nitrogen and oxygen atoms in total. The monoisotopic (exact) mass is 418 g/mol. The fraction of sp³-hybridized carbons (Fsp3) is 0.0667. The molecule has 0 amide bonds. The van der Waals surface area contributed by atoms with E-state index in [2.05, 4.69) is 0 Å². The lowest BCUT2D eigenvalue weighted by atomic mass is 10.2. The van der Waals surface area contributed by atoms with Crippen LogP contribution in [0.1, 0.15) is 11.1 Å². The molecule has 20 heavy (non-hydrogen) atoms. The first-order valence-corrected chi connectivity index (χ1v) is 8.84. The predicted molar refractivity (Wildman–Crippen MR) is 91.8 cm³/mol. The van der Waals surface area contributed by atoms with Crippen LogP contribution in [0.2, 0.25) is 5.02 Å². The molecule has 0 aliphatic heterocycles. The van der Waals surface area contributed by atoms with Crippen molar-refractivity contribution < 1.29 is 8.42 Å². The molecule has 0 saturated carbocycles. The third-order valence-corrected chi connectivity index (χ3v) is 5.86. The van der Waals surface area contributed by atoms with Crippen LogP contribution in [0.15, 0.2) is 58.8 Å². The van der Waals surface area contributed by atoms with Crippen LogP contribution in [0.25, 0.3) is 3.58 Å². The van der Waals surface area contributed by atoms with Gasteiger partial charge < -0.3 is 0 Å². The van der Waals surface area contributed by atoms with Crippen molar-refractivity contribution in [3.05, 3.63) is 70.1 Å². The minimum atomic E-state index is -3.47. The van der Waals surface area contributed by atoms with E-state index in [-0.39, 0.29) is 4.90 Å². The van der Waals surface area contributed by atoms with Gasteiger partial charge in [0.25, 0.3) is 0 Å². The lowest BCUT2D eigenvalue weighted by molar-refractivity contribution is 0.605. The quantitative estimate of drug-likeness (QED) is 0.667. The zero-order valence-corrected chi connectivity index (χ0v) is 14.4. The van der Waals surface area contributed by atoms with E-state index in [0.29, 0.717) is 14.2 Å². The lowest BCUT2D eigenvalue weighted by Gasteiger charge is -2.04. The maximum absolute atomic E-state index is 12.3.